The Balaban J connectivity index is 2.88. The fourth-order valence-corrected chi connectivity index (χ4v) is 2.50. The lowest BCUT2D eigenvalue weighted by Gasteiger charge is -2.58. The molecule has 0 heterocycles. The van der Waals surface area contributed by atoms with E-state index in [1.54, 1.807) is 0 Å². The van der Waals surface area contributed by atoms with E-state index in [9.17, 15) is 4.79 Å². The number of ether oxygens (including phenoxy) is 2. The Morgan fingerprint density at radius 2 is 2.24 bits per heavy atom. The molecule has 1 aliphatic rings. The van der Waals surface area contributed by atoms with Gasteiger partial charge in [-0.25, -0.2) is 0 Å². The molecule has 0 spiro atoms. The van der Waals surface area contributed by atoms with E-state index in [0.29, 0.717) is 19.6 Å². The van der Waals surface area contributed by atoms with Crippen LogP contribution in [0.1, 0.15) is 27.2 Å². The van der Waals surface area contributed by atoms with Gasteiger partial charge in [-0.3, -0.25) is 10.1 Å². The number of rotatable bonds is 5. The Morgan fingerprint density at radius 1 is 1.59 bits per heavy atom. The van der Waals surface area contributed by atoms with E-state index in [1.807, 2.05) is 20.8 Å². The molecule has 0 amide bonds. The highest BCUT2D eigenvalue weighted by Gasteiger charge is 2.65. The minimum absolute atomic E-state index is 0.0527. The SMILES string of the molecule is C#CCN[C@]1(C(=O)OC)C[C@H](OCC)C1(C)C. The van der Waals surface area contributed by atoms with Crippen molar-refractivity contribution in [2.45, 2.75) is 38.8 Å². The van der Waals surface area contributed by atoms with Gasteiger partial charge in [-0.2, -0.15) is 0 Å². The number of hydrogen-bond donors (Lipinski definition) is 1. The maximum atomic E-state index is 12.0. The van der Waals surface area contributed by atoms with Crippen LogP contribution in [0.25, 0.3) is 0 Å². The summed E-state index contributed by atoms with van der Waals surface area (Å²) < 4.78 is 10.5. The van der Waals surface area contributed by atoms with E-state index >= 15 is 0 Å². The van der Waals surface area contributed by atoms with Crippen LogP contribution in [-0.2, 0) is 14.3 Å². The molecule has 1 rings (SSSR count). The van der Waals surface area contributed by atoms with Gasteiger partial charge < -0.3 is 9.47 Å². The first-order valence-electron chi connectivity index (χ1n) is 5.84. The fraction of sp³-hybridized carbons (Fsp3) is 0.769. The van der Waals surface area contributed by atoms with Gasteiger partial charge in [-0.1, -0.05) is 19.8 Å². The number of terminal acetylenes is 1. The average Bonchev–Trinajstić information content (AvgIpc) is 2.31. The number of carbonyl (C=O) groups excluding carboxylic acids is 1. The van der Waals surface area contributed by atoms with Crippen molar-refractivity contribution in [1.82, 2.24) is 5.32 Å². The van der Waals surface area contributed by atoms with Crippen LogP contribution in [0.5, 0.6) is 0 Å². The van der Waals surface area contributed by atoms with Crippen LogP contribution in [0.2, 0.25) is 0 Å². The van der Waals surface area contributed by atoms with Crippen molar-refractivity contribution in [1.29, 1.82) is 0 Å². The zero-order chi connectivity index (χ0) is 13.1. The summed E-state index contributed by atoms with van der Waals surface area (Å²) in [6.45, 7) is 6.93. The molecular weight excluding hydrogens is 218 g/mol. The van der Waals surface area contributed by atoms with Crippen molar-refractivity contribution in [2.24, 2.45) is 5.41 Å². The highest BCUT2D eigenvalue weighted by molar-refractivity contribution is 5.84. The average molecular weight is 239 g/mol. The number of hydrogen-bond acceptors (Lipinski definition) is 4. The van der Waals surface area contributed by atoms with E-state index in [0.717, 1.165) is 0 Å². The molecule has 0 aliphatic heterocycles. The van der Waals surface area contributed by atoms with Gasteiger partial charge in [-0.15, -0.1) is 6.42 Å². The molecule has 1 fully saturated rings. The standard InChI is InChI=1S/C13H21NO3/c1-6-8-14-13(11(15)16-5)9-10(17-7-2)12(13,3)4/h1,10,14H,7-9H2,2-5H3/t10-,13-/m0/s1. The summed E-state index contributed by atoms with van der Waals surface area (Å²) in [5.41, 5.74) is -1.05. The Labute approximate surface area is 103 Å². The lowest BCUT2D eigenvalue weighted by Crippen LogP contribution is -2.75. The summed E-state index contributed by atoms with van der Waals surface area (Å²) in [5, 5.41) is 3.12. The van der Waals surface area contributed by atoms with Crippen LogP contribution >= 0.6 is 0 Å². The van der Waals surface area contributed by atoms with Crippen molar-refractivity contribution in [3.05, 3.63) is 0 Å². The van der Waals surface area contributed by atoms with E-state index in [4.69, 9.17) is 15.9 Å². The largest absolute Gasteiger partial charge is 0.468 e. The highest BCUT2D eigenvalue weighted by atomic mass is 16.5. The summed E-state index contributed by atoms with van der Waals surface area (Å²) in [4.78, 5) is 12.0. The van der Waals surface area contributed by atoms with Gasteiger partial charge in [-0.05, 0) is 6.92 Å². The monoisotopic (exact) mass is 239 g/mol. The molecule has 4 nitrogen and oxygen atoms in total. The maximum Gasteiger partial charge on any atom is 0.326 e. The van der Waals surface area contributed by atoms with Gasteiger partial charge in [0.25, 0.3) is 0 Å². The number of esters is 1. The maximum absolute atomic E-state index is 12.0. The molecular formula is C13H21NO3. The smallest absolute Gasteiger partial charge is 0.326 e. The van der Waals surface area contributed by atoms with E-state index in [1.165, 1.54) is 7.11 Å². The lowest BCUT2D eigenvalue weighted by molar-refractivity contribution is -0.195. The van der Waals surface area contributed by atoms with Crippen LogP contribution < -0.4 is 5.32 Å². The first-order valence-corrected chi connectivity index (χ1v) is 5.84. The molecule has 0 radical (unpaired) electrons. The zero-order valence-electron chi connectivity index (χ0n) is 11.0. The Hall–Kier alpha value is -1.05. The summed E-state index contributed by atoms with van der Waals surface area (Å²) >= 11 is 0. The van der Waals surface area contributed by atoms with E-state index < -0.39 is 5.54 Å². The molecule has 1 N–H and O–H groups in total. The van der Waals surface area contributed by atoms with Gasteiger partial charge in [0.2, 0.25) is 0 Å². The first-order chi connectivity index (χ1) is 7.96. The second kappa shape index (κ2) is 5.07. The predicted octanol–water partition coefficient (Wildman–Crippen LogP) is 0.956. The normalized spacial score (nSPS) is 30.2. The predicted molar refractivity (Wildman–Crippen MR) is 65.4 cm³/mol. The molecule has 1 aliphatic carbocycles. The van der Waals surface area contributed by atoms with Crippen LogP contribution in [0.4, 0.5) is 0 Å². The Kier molecular flexibility index (Phi) is 4.18. The molecule has 2 atom stereocenters. The Bertz CT molecular complexity index is 332. The molecule has 96 valence electrons. The lowest BCUT2D eigenvalue weighted by atomic mass is 9.54. The number of nitrogens with one attached hydrogen (secondary N) is 1. The van der Waals surface area contributed by atoms with Crippen LogP contribution in [0.15, 0.2) is 0 Å². The molecule has 17 heavy (non-hydrogen) atoms. The fourth-order valence-electron chi connectivity index (χ4n) is 2.50. The van der Waals surface area contributed by atoms with Crippen molar-refractivity contribution in [3.8, 4) is 12.3 Å². The third-order valence-corrected chi connectivity index (χ3v) is 3.79. The van der Waals surface area contributed by atoms with Crippen LogP contribution in [0.3, 0.4) is 0 Å². The van der Waals surface area contributed by atoms with Crippen molar-refractivity contribution in [2.75, 3.05) is 20.3 Å². The summed E-state index contributed by atoms with van der Waals surface area (Å²) in [5.74, 6) is 2.23. The number of methoxy groups -OCH3 is 1. The Morgan fingerprint density at radius 3 is 2.65 bits per heavy atom. The summed E-state index contributed by atoms with van der Waals surface area (Å²) in [6, 6.07) is 0. The number of carbonyl (C=O) groups is 1. The molecule has 0 aromatic rings. The highest BCUT2D eigenvalue weighted by Crippen LogP contribution is 2.51. The van der Waals surface area contributed by atoms with E-state index in [2.05, 4.69) is 11.2 Å². The molecule has 0 saturated heterocycles. The van der Waals surface area contributed by atoms with E-state index in [-0.39, 0.29) is 17.5 Å². The third kappa shape index (κ3) is 2.05. The minimum Gasteiger partial charge on any atom is -0.468 e. The van der Waals surface area contributed by atoms with Gasteiger partial charge in [0.05, 0.1) is 19.8 Å². The molecule has 0 bridgehead atoms. The minimum atomic E-state index is -0.728. The van der Waals surface area contributed by atoms with Gasteiger partial charge in [0, 0.05) is 18.4 Å². The van der Waals surface area contributed by atoms with Crippen LogP contribution in [0, 0.1) is 17.8 Å². The molecule has 0 aromatic carbocycles. The molecule has 0 unspecified atom stereocenters. The third-order valence-electron chi connectivity index (χ3n) is 3.79. The zero-order valence-corrected chi connectivity index (χ0v) is 11.0. The summed E-state index contributed by atoms with van der Waals surface area (Å²) in [7, 11) is 1.39. The molecule has 4 heteroatoms. The first kappa shape index (κ1) is 14.0. The quantitative estimate of drug-likeness (QED) is 0.573. The van der Waals surface area contributed by atoms with Gasteiger partial charge in [0.15, 0.2) is 0 Å². The molecule has 1 saturated carbocycles. The van der Waals surface area contributed by atoms with Crippen molar-refractivity contribution >= 4 is 5.97 Å². The summed E-state index contributed by atoms with van der Waals surface area (Å²) in [6.07, 6.45) is 5.89. The van der Waals surface area contributed by atoms with Gasteiger partial charge >= 0.3 is 5.97 Å². The second-order valence-corrected chi connectivity index (χ2v) is 4.82. The van der Waals surface area contributed by atoms with Crippen molar-refractivity contribution in [3.63, 3.8) is 0 Å². The van der Waals surface area contributed by atoms with Gasteiger partial charge in [0.1, 0.15) is 5.54 Å². The topological polar surface area (TPSA) is 47.6 Å². The van der Waals surface area contributed by atoms with Crippen molar-refractivity contribution < 1.29 is 14.3 Å². The second-order valence-electron chi connectivity index (χ2n) is 4.82. The molecule has 0 aromatic heterocycles. The van der Waals surface area contributed by atoms with Crippen LogP contribution in [-0.4, -0.2) is 37.9 Å².